The average molecular weight is 333 g/mol. The van der Waals surface area contributed by atoms with E-state index in [1.165, 1.54) is 18.2 Å². The van der Waals surface area contributed by atoms with Crippen molar-refractivity contribution in [1.82, 2.24) is 5.32 Å². The van der Waals surface area contributed by atoms with Crippen LogP contribution in [0.5, 0.6) is 0 Å². The van der Waals surface area contributed by atoms with E-state index in [9.17, 15) is 14.7 Å². The van der Waals surface area contributed by atoms with Gasteiger partial charge in [-0.25, -0.2) is 0 Å². The molecule has 2 amide bonds. The summed E-state index contributed by atoms with van der Waals surface area (Å²) in [6, 6.07) is 4.35. The molecular formula is C14H18Cl2N2O3. The molecule has 0 aromatic heterocycles. The smallest absolute Gasteiger partial charge is 0.254 e. The first kappa shape index (κ1) is 17.8. The topological polar surface area (TPSA) is 92.4 Å². The molecule has 0 spiro atoms. The van der Waals surface area contributed by atoms with Crippen LogP contribution in [0, 0.1) is 0 Å². The van der Waals surface area contributed by atoms with E-state index in [-0.39, 0.29) is 5.56 Å². The Bertz CT molecular complexity index is 525. The number of rotatable bonds is 6. The Kier molecular flexibility index (Phi) is 6.01. The molecule has 1 unspecified atom stereocenters. The molecule has 0 radical (unpaired) electrons. The number of carbonyl (C=O) groups excluding carboxylic acids is 2. The predicted molar refractivity (Wildman–Crippen MR) is 82.1 cm³/mol. The highest BCUT2D eigenvalue weighted by Gasteiger charge is 2.36. The molecule has 116 valence electrons. The van der Waals surface area contributed by atoms with E-state index in [0.717, 1.165) is 0 Å². The van der Waals surface area contributed by atoms with Crippen molar-refractivity contribution in [3.63, 3.8) is 0 Å². The summed E-state index contributed by atoms with van der Waals surface area (Å²) in [5, 5.41) is 13.2. The highest BCUT2D eigenvalue weighted by molar-refractivity contribution is 6.34. The van der Waals surface area contributed by atoms with Gasteiger partial charge in [0, 0.05) is 10.0 Å². The number of hydrogen-bond donors (Lipinski definition) is 3. The van der Waals surface area contributed by atoms with Crippen LogP contribution in [0.1, 0.15) is 38.4 Å². The fourth-order valence-corrected chi connectivity index (χ4v) is 2.57. The van der Waals surface area contributed by atoms with Crippen LogP contribution in [0.15, 0.2) is 18.2 Å². The molecule has 0 bridgehead atoms. The Morgan fingerprint density at radius 2 is 1.71 bits per heavy atom. The Hall–Kier alpha value is -1.30. The lowest BCUT2D eigenvalue weighted by Gasteiger charge is -2.30. The van der Waals surface area contributed by atoms with Crippen LogP contribution in [-0.4, -0.2) is 22.5 Å². The van der Waals surface area contributed by atoms with E-state index in [1.54, 1.807) is 13.8 Å². The van der Waals surface area contributed by atoms with Gasteiger partial charge in [0.15, 0.2) is 6.10 Å². The molecule has 0 fully saturated rings. The number of nitrogens with two attached hydrogens (primary N) is 1. The highest BCUT2D eigenvalue weighted by Crippen LogP contribution is 2.25. The summed E-state index contributed by atoms with van der Waals surface area (Å²) in [6.07, 6.45) is -0.834. The monoisotopic (exact) mass is 332 g/mol. The van der Waals surface area contributed by atoms with Gasteiger partial charge in [0.1, 0.15) is 5.54 Å². The molecule has 7 heteroatoms. The van der Waals surface area contributed by atoms with E-state index >= 15 is 0 Å². The van der Waals surface area contributed by atoms with Gasteiger partial charge < -0.3 is 16.2 Å². The van der Waals surface area contributed by atoms with Gasteiger partial charge in [0.05, 0.1) is 0 Å². The van der Waals surface area contributed by atoms with E-state index in [4.69, 9.17) is 28.9 Å². The lowest BCUT2D eigenvalue weighted by molar-refractivity contribution is -0.137. The van der Waals surface area contributed by atoms with Crippen molar-refractivity contribution >= 4 is 35.0 Å². The zero-order chi connectivity index (χ0) is 16.2. The molecule has 0 aliphatic carbocycles. The quantitative estimate of drug-likeness (QED) is 0.745. The standard InChI is InChI=1S/C14H18Cl2N2O3/c1-3-14(4-2,13(17)21)18-12(20)11(19)8-5-9(15)7-10(16)6-8/h5-7,11,19H,3-4H2,1-2H3,(H2,17,21)(H,18,20). The number of hydrogen-bond acceptors (Lipinski definition) is 3. The molecule has 0 heterocycles. The highest BCUT2D eigenvalue weighted by atomic mass is 35.5. The minimum atomic E-state index is -1.49. The summed E-state index contributed by atoms with van der Waals surface area (Å²) < 4.78 is 0. The van der Waals surface area contributed by atoms with Crippen molar-refractivity contribution in [2.24, 2.45) is 5.73 Å². The fraction of sp³-hybridized carbons (Fsp3) is 0.429. The Balaban J connectivity index is 2.99. The molecule has 5 nitrogen and oxygen atoms in total. The van der Waals surface area contributed by atoms with Gasteiger partial charge in [-0.2, -0.15) is 0 Å². The average Bonchev–Trinajstić information content (AvgIpc) is 2.42. The minimum Gasteiger partial charge on any atom is -0.378 e. The van der Waals surface area contributed by atoms with Gasteiger partial charge in [-0.3, -0.25) is 9.59 Å². The zero-order valence-electron chi connectivity index (χ0n) is 11.8. The van der Waals surface area contributed by atoms with Crippen LogP contribution >= 0.6 is 23.2 Å². The third kappa shape index (κ3) is 4.09. The van der Waals surface area contributed by atoms with Crippen molar-refractivity contribution in [3.8, 4) is 0 Å². The van der Waals surface area contributed by atoms with Gasteiger partial charge in [-0.15, -0.1) is 0 Å². The van der Waals surface area contributed by atoms with Gasteiger partial charge in [0.25, 0.3) is 5.91 Å². The molecule has 0 saturated heterocycles. The summed E-state index contributed by atoms with van der Waals surface area (Å²) in [4.78, 5) is 23.7. The van der Waals surface area contributed by atoms with Crippen molar-refractivity contribution in [2.75, 3.05) is 0 Å². The third-order valence-corrected chi connectivity index (χ3v) is 3.93. The molecule has 1 atom stereocenters. The Labute approximate surface area is 133 Å². The number of carbonyl (C=O) groups is 2. The maximum atomic E-state index is 12.1. The number of halogens is 2. The Morgan fingerprint density at radius 3 is 2.10 bits per heavy atom. The lowest BCUT2D eigenvalue weighted by Crippen LogP contribution is -2.57. The van der Waals surface area contributed by atoms with Crippen molar-refractivity contribution in [3.05, 3.63) is 33.8 Å². The number of nitrogens with one attached hydrogen (secondary N) is 1. The van der Waals surface area contributed by atoms with Crippen LogP contribution in [-0.2, 0) is 9.59 Å². The molecule has 4 N–H and O–H groups in total. The molecule has 0 aliphatic rings. The summed E-state index contributed by atoms with van der Waals surface area (Å²) in [6.45, 7) is 3.47. The Morgan fingerprint density at radius 1 is 1.24 bits per heavy atom. The molecule has 21 heavy (non-hydrogen) atoms. The molecule has 0 aliphatic heterocycles. The maximum absolute atomic E-state index is 12.1. The first-order valence-corrected chi connectivity index (χ1v) is 7.27. The van der Waals surface area contributed by atoms with Gasteiger partial charge in [-0.05, 0) is 36.6 Å². The van der Waals surface area contributed by atoms with Crippen molar-refractivity contribution < 1.29 is 14.7 Å². The summed E-state index contributed by atoms with van der Waals surface area (Å²) in [5.74, 6) is -1.37. The zero-order valence-corrected chi connectivity index (χ0v) is 13.3. The maximum Gasteiger partial charge on any atom is 0.254 e. The van der Waals surface area contributed by atoms with E-state index < -0.39 is 23.5 Å². The van der Waals surface area contributed by atoms with Crippen LogP contribution in [0.25, 0.3) is 0 Å². The third-order valence-electron chi connectivity index (χ3n) is 3.49. The molecule has 1 aromatic rings. The van der Waals surface area contributed by atoms with Gasteiger partial charge in [-0.1, -0.05) is 37.0 Å². The number of aliphatic hydroxyl groups is 1. The van der Waals surface area contributed by atoms with Gasteiger partial charge in [0.2, 0.25) is 5.91 Å². The van der Waals surface area contributed by atoms with Crippen LogP contribution < -0.4 is 11.1 Å². The second-order valence-electron chi connectivity index (χ2n) is 4.75. The SMILES string of the molecule is CCC(CC)(NC(=O)C(O)c1cc(Cl)cc(Cl)c1)C(N)=O. The van der Waals surface area contributed by atoms with Crippen LogP contribution in [0.2, 0.25) is 10.0 Å². The summed E-state index contributed by atoms with van der Waals surface area (Å²) in [7, 11) is 0. The van der Waals surface area contributed by atoms with Crippen LogP contribution in [0.4, 0.5) is 0 Å². The number of primary amides is 1. The van der Waals surface area contributed by atoms with E-state index in [2.05, 4.69) is 5.32 Å². The lowest BCUT2D eigenvalue weighted by atomic mass is 9.91. The molecule has 0 saturated carbocycles. The molecule has 1 rings (SSSR count). The number of benzene rings is 1. The summed E-state index contributed by atoms with van der Waals surface area (Å²) in [5.41, 5.74) is 4.42. The van der Waals surface area contributed by atoms with Crippen molar-refractivity contribution in [1.29, 1.82) is 0 Å². The van der Waals surface area contributed by atoms with Crippen LogP contribution in [0.3, 0.4) is 0 Å². The molecule has 1 aromatic carbocycles. The van der Waals surface area contributed by atoms with Crippen molar-refractivity contribution in [2.45, 2.75) is 38.3 Å². The first-order chi connectivity index (χ1) is 9.75. The fourth-order valence-electron chi connectivity index (χ4n) is 2.03. The second kappa shape index (κ2) is 7.11. The summed E-state index contributed by atoms with van der Waals surface area (Å²) >= 11 is 11.7. The number of amides is 2. The molecular weight excluding hydrogens is 315 g/mol. The van der Waals surface area contributed by atoms with E-state index in [0.29, 0.717) is 22.9 Å². The predicted octanol–water partition coefficient (Wildman–Crippen LogP) is 2.19. The first-order valence-electron chi connectivity index (χ1n) is 6.51. The van der Waals surface area contributed by atoms with Gasteiger partial charge >= 0.3 is 0 Å². The van der Waals surface area contributed by atoms with E-state index in [1.807, 2.05) is 0 Å². The minimum absolute atomic E-state index is 0.246. The normalized spacial score (nSPS) is 12.8. The second-order valence-corrected chi connectivity index (χ2v) is 5.62. The largest absolute Gasteiger partial charge is 0.378 e. The number of aliphatic hydroxyl groups excluding tert-OH is 1.